The second-order valence-electron chi connectivity index (χ2n) is 3.82. The summed E-state index contributed by atoms with van der Waals surface area (Å²) in [4.78, 5) is 0. The van der Waals surface area contributed by atoms with Crippen LogP contribution < -0.4 is 5.73 Å². The van der Waals surface area contributed by atoms with Crippen molar-refractivity contribution in [3.05, 3.63) is 0 Å². The maximum absolute atomic E-state index is 11.3. The third kappa shape index (κ3) is 7.33. The van der Waals surface area contributed by atoms with E-state index in [1.54, 1.807) is 0 Å². The van der Waals surface area contributed by atoms with Gasteiger partial charge in [0.05, 0.1) is 5.75 Å². The van der Waals surface area contributed by atoms with Crippen LogP contribution in [0.4, 0.5) is 0 Å². The summed E-state index contributed by atoms with van der Waals surface area (Å²) in [6, 6.07) is 0.240. The molecule has 14 heavy (non-hydrogen) atoms. The highest BCUT2D eigenvalue weighted by atomic mass is 32.2. The molecule has 3 nitrogen and oxygen atoms in total. The normalized spacial score (nSPS) is 14.2. The molecule has 4 heteroatoms. The first-order chi connectivity index (χ1) is 6.52. The van der Waals surface area contributed by atoms with Crippen LogP contribution in [0.5, 0.6) is 0 Å². The first-order valence-electron chi connectivity index (χ1n) is 5.47. The molecule has 0 rings (SSSR count). The average Bonchev–Trinajstić information content (AvgIpc) is 2.12. The van der Waals surface area contributed by atoms with Gasteiger partial charge in [-0.2, -0.15) is 0 Å². The summed E-state index contributed by atoms with van der Waals surface area (Å²) in [6.07, 6.45) is 4.32. The largest absolute Gasteiger partial charge is 0.328 e. The van der Waals surface area contributed by atoms with Crippen molar-refractivity contribution >= 4 is 9.84 Å². The van der Waals surface area contributed by atoms with Crippen LogP contribution in [0.2, 0.25) is 0 Å². The highest BCUT2D eigenvalue weighted by Crippen LogP contribution is 2.05. The minimum atomic E-state index is -2.78. The fraction of sp³-hybridized carbons (Fsp3) is 1.00. The fourth-order valence-electron chi connectivity index (χ4n) is 1.35. The molecule has 0 fully saturated rings. The van der Waals surface area contributed by atoms with Crippen molar-refractivity contribution in [3.63, 3.8) is 0 Å². The van der Waals surface area contributed by atoms with Gasteiger partial charge in [-0.15, -0.1) is 0 Å². The molecule has 0 aliphatic carbocycles. The molecule has 0 heterocycles. The van der Waals surface area contributed by atoms with Crippen molar-refractivity contribution in [2.45, 2.75) is 52.0 Å². The van der Waals surface area contributed by atoms with E-state index in [9.17, 15) is 8.42 Å². The minimum Gasteiger partial charge on any atom is -0.328 e. The van der Waals surface area contributed by atoms with Gasteiger partial charge in [0.15, 0.2) is 0 Å². The van der Waals surface area contributed by atoms with Gasteiger partial charge in [0.1, 0.15) is 9.84 Å². The summed E-state index contributed by atoms with van der Waals surface area (Å²) in [5.74, 6) is 0.657. The van der Waals surface area contributed by atoms with E-state index in [0.29, 0.717) is 11.5 Å². The molecule has 1 unspecified atom stereocenters. The Kier molecular flexibility index (Phi) is 7.19. The lowest BCUT2D eigenvalue weighted by Gasteiger charge is -2.07. The number of hydrogen-bond acceptors (Lipinski definition) is 3. The first-order valence-corrected chi connectivity index (χ1v) is 7.30. The van der Waals surface area contributed by atoms with Crippen LogP contribution in [0.3, 0.4) is 0 Å². The second kappa shape index (κ2) is 7.23. The van der Waals surface area contributed by atoms with Crippen molar-refractivity contribution in [1.82, 2.24) is 0 Å². The van der Waals surface area contributed by atoms with E-state index in [4.69, 9.17) is 5.73 Å². The van der Waals surface area contributed by atoms with E-state index in [2.05, 4.69) is 6.92 Å². The Bertz CT molecular complexity index is 224. The predicted octanol–water partition coefficient (Wildman–Crippen LogP) is 1.72. The topological polar surface area (TPSA) is 60.2 Å². The van der Waals surface area contributed by atoms with E-state index in [1.165, 1.54) is 0 Å². The lowest BCUT2D eigenvalue weighted by atomic mass is 10.1. The molecule has 0 aromatic heterocycles. The maximum Gasteiger partial charge on any atom is 0.150 e. The summed E-state index contributed by atoms with van der Waals surface area (Å²) >= 11 is 0. The number of rotatable bonds is 8. The molecule has 0 amide bonds. The Labute approximate surface area is 88.0 Å². The number of hydrogen-bond donors (Lipinski definition) is 1. The van der Waals surface area contributed by atoms with Gasteiger partial charge in [-0.25, -0.2) is 8.42 Å². The molecule has 86 valence electrons. The quantitative estimate of drug-likeness (QED) is 0.635. The zero-order valence-corrected chi connectivity index (χ0v) is 10.1. The van der Waals surface area contributed by atoms with E-state index in [-0.39, 0.29) is 6.04 Å². The number of unbranched alkanes of at least 4 members (excludes halogenated alkanes) is 1. The Morgan fingerprint density at radius 2 is 1.79 bits per heavy atom. The highest BCUT2D eigenvalue weighted by Gasteiger charge is 2.08. The Hall–Kier alpha value is -0.0900. The molecule has 0 saturated carbocycles. The number of nitrogens with two attached hydrogens (primary N) is 1. The summed E-state index contributed by atoms with van der Waals surface area (Å²) in [5, 5.41) is 0. The molecule has 0 aliphatic heterocycles. The van der Waals surface area contributed by atoms with Crippen LogP contribution in [-0.4, -0.2) is 26.0 Å². The van der Waals surface area contributed by atoms with Crippen LogP contribution >= 0.6 is 0 Å². The number of sulfone groups is 1. The lowest BCUT2D eigenvalue weighted by molar-refractivity contribution is 0.554. The summed E-state index contributed by atoms with van der Waals surface area (Å²) in [6.45, 7) is 3.95. The minimum absolute atomic E-state index is 0.240. The van der Waals surface area contributed by atoms with E-state index in [0.717, 1.165) is 32.1 Å². The van der Waals surface area contributed by atoms with Gasteiger partial charge < -0.3 is 5.73 Å². The van der Waals surface area contributed by atoms with Gasteiger partial charge in [0.2, 0.25) is 0 Å². The Balaban J connectivity index is 3.54. The van der Waals surface area contributed by atoms with Gasteiger partial charge in [-0.05, 0) is 25.7 Å². The van der Waals surface area contributed by atoms with Crippen LogP contribution in [0.25, 0.3) is 0 Å². The molecule has 0 aliphatic rings. The van der Waals surface area contributed by atoms with Crippen molar-refractivity contribution in [2.75, 3.05) is 11.5 Å². The molecule has 2 N–H and O–H groups in total. The van der Waals surface area contributed by atoms with Crippen molar-refractivity contribution in [3.8, 4) is 0 Å². The molecule has 1 atom stereocenters. The molecule has 0 aromatic carbocycles. The van der Waals surface area contributed by atoms with Crippen LogP contribution in [0.15, 0.2) is 0 Å². The van der Waals surface area contributed by atoms with Crippen molar-refractivity contribution in [2.24, 2.45) is 5.73 Å². The van der Waals surface area contributed by atoms with Crippen molar-refractivity contribution < 1.29 is 8.42 Å². The van der Waals surface area contributed by atoms with E-state index < -0.39 is 9.84 Å². The molecule has 0 aromatic rings. The predicted molar refractivity (Wildman–Crippen MR) is 61.1 cm³/mol. The second-order valence-corrected chi connectivity index (χ2v) is 6.12. The summed E-state index contributed by atoms with van der Waals surface area (Å²) in [7, 11) is -2.78. The highest BCUT2D eigenvalue weighted by molar-refractivity contribution is 7.91. The Morgan fingerprint density at radius 1 is 1.14 bits per heavy atom. The standard InChI is InChI=1S/C10H23NO2S/c1-3-8-14(12,13)9-6-5-7-10(11)4-2/h10H,3-9,11H2,1-2H3. The lowest BCUT2D eigenvalue weighted by Crippen LogP contribution is -2.18. The van der Waals surface area contributed by atoms with Crippen molar-refractivity contribution in [1.29, 1.82) is 0 Å². The summed E-state index contributed by atoms with van der Waals surface area (Å²) in [5.41, 5.74) is 5.73. The maximum atomic E-state index is 11.3. The summed E-state index contributed by atoms with van der Waals surface area (Å²) < 4.78 is 22.6. The van der Waals surface area contributed by atoms with E-state index >= 15 is 0 Å². The third-order valence-electron chi connectivity index (χ3n) is 2.32. The molecule has 0 bridgehead atoms. The average molecular weight is 221 g/mol. The molecule has 0 saturated heterocycles. The molecular formula is C10H23NO2S. The third-order valence-corrected chi connectivity index (χ3v) is 4.26. The zero-order valence-electron chi connectivity index (χ0n) is 9.33. The van der Waals surface area contributed by atoms with Crippen LogP contribution in [-0.2, 0) is 9.84 Å². The monoisotopic (exact) mass is 221 g/mol. The molecule has 0 radical (unpaired) electrons. The van der Waals surface area contributed by atoms with Gasteiger partial charge in [-0.1, -0.05) is 20.3 Å². The van der Waals surface area contributed by atoms with E-state index in [1.807, 2.05) is 6.92 Å². The Morgan fingerprint density at radius 3 is 2.29 bits per heavy atom. The van der Waals surface area contributed by atoms with Gasteiger partial charge in [-0.3, -0.25) is 0 Å². The van der Waals surface area contributed by atoms with Crippen LogP contribution in [0.1, 0.15) is 46.0 Å². The molecule has 0 spiro atoms. The first kappa shape index (κ1) is 13.9. The van der Waals surface area contributed by atoms with Crippen LogP contribution in [0, 0.1) is 0 Å². The zero-order chi connectivity index (χ0) is 11.0. The molecular weight excluding hydrogens is 198 g/mol. The SMILES string of the molecule is CCCS(=O)(=O)CCCCC(N)CC. The van der Waals surface area contributed by atoms with Gasteiger partial charge in [0.25, 0.3) is 0 Å². The fourth-order valence-corrected chi connectivity index (χ4v) is 2.82. The van der Waals surface area contributed by atoms with Gasteiger partial charge in [0, 0.05) is 11.8 Å². The smallest absolute Gasteiger partial charge is 0.150 e. The van der Waals surface area contributed by atoms with Gasteiger partial charge >= 0.3 is 0 Å².